The van der Waals surface area contributed by atoms with E-state index in [0.717, 1.165) is 48.0 Å². The largest absolute Gasteiger partial charge is 0.382 e. The van der Waals surface area contributed by atoms with Gasteiger partial charge in [0.25, 0.3) is 0 Å². The zero-order valence-electron chi connectivity index (χ0n) is 17.9. The van der Waals surface area contributed by atoms with E-state index in [0.29, 0.717) is 37.1 Å². The first-order chi connectivity index (χ1) is 15.2. The van der Waals surface area contributed by atoms with Crippen LogP contribution in [0.2, 0.25) is 0 Å². The van der Waals surface area contributed by atoms with Crippen LogP contribution in [-0.2, 0) is 9.47 Å². The summed E-state index contributed by atoms with van der Waals surface area (Å²) < 4.78 is 14.8. The lowest BCUT2D eigenvalue weighted by atomic mass is 9.93. The van der Waals surface area contributed by atoms with Gasteiger partial charge in [0.2, 0.25) is 11.7 Å². The summed E-state index contributed by atoms with van der Waals surface area (Å²) in [6, 6.07) is 2.41. The van der Waals surface area contributed by atoms with Gasteiger partial charge in [-0.05, 0) is 38.7 Å². The van der Waals surface area contributed by atoms with Crippen molar-refractivity contribution in [1.29, 1.82) is 0 Å². The second kappa shape index (κ2) is 8.60. The van der Waals surface area contributed by atoms with Gasteiger partial charge < -0.3 is 14.8 Å². The van der Waals surface area contributed by atoms with Crippen molar-refractivity contribution in [2.45, 2.75) is 44.8 Å². The van der Waals surface area contributed by atoms with E-state index in [9.17, 15) is 0 Å². The molecule has 4 aromatic rings. The van der Waals surface area contributed by atoms with Crippen LogP contribution in [0.4, 0.5) is 5.95 Å². The maximum atomic E-state index is 5.85. The Balaban J connectivity index is 1.28. The van der Waals surface area contributed by atoms with E-state index in [1.807, 2.05) is 46.7 Å². The molecule has 1 aliphatic carbocycles. The predicted octanol–water partition coefficient (Wildman–Crippen LogP) is 3.13. The SMILES string of the molecule is COCCOC1CCC(Nc2ncc3c(-c4cnc5ncc(C)n5c4)ccn3n2)CC1. The van der Waals surface area contributed by atoms with Gasteiger partial charge in [-0.2, -0.15) is 0 Å². The molecule has 0 atom stereocenters. The number of imidazole rings is 1. The van der Waals surface area contributed by atoms with E-state index < -0.39 is 0 Å². The molecule has 1 saturated carbocycles. The van der Waals surface area contributed by atoms with Gasteiger partial charge in [-0.3, -0.25) is 4.40 Å². The molecule has 31 heavy (non-hydrogen) atoms. The quantitative estimate of drug-likeness (QED) is 0.459. The second-order valence-electron chi connectivity index (χ2n) is 8.03. The van der Waals surface area contributed by atoms with Gasteiger partial charge in [0.15, 0.2) is 0 Å². The summed E-state index contributed by atoms with van der Waals surface area (Å²) >= 11 is 0. The second-order valence-corrected chi connectivity index (χ2v) is 8.03. The Morgan fingerprint density at radius 1 is 1.06 bits per heavy atom. The summed E-state index contributed by atoms with van der Waals surface area (Å²) in [6.45, 7) is 3.33. The highest BCUT2D eigenvalue weighted by atomic mass is 16.5. The molecule has 1 aliphatic rings. The first-order valence-corrected chi connectivity index (χ1v) is 10.7. The van der Waals surface area contributed by atoms with Crippen LogP contribution in [0.3, 0.4) is 0 Å². The number of nitrogens with one attached hydrogen (secondary N) is 1. The third-order valence-electron chi connectivity index (χ3n) is 5.93. The van der Waals surface area contributed by atoms with Crippen molar-refractivity contribution >= 4 is 17.2 Å². The molecule has 9 nitrogen and oxygen atoms in total. The van der Waals surface area contributed by atoms with E-state index >= 15 is 0 Å². The fraction of sp³-hybridized carbons (Fsp3) is 0.455. The van der Waals surface area contributed by atoms with Gasteiger partial charge in [-0.25, -0.2) is 19.5 Å². The number of anilines is 1. The summed E-state index contributed by atoms with van der Waals surface area (Å²) in [7, 11) is 1.70. The monoisotopic (exact) mass is 421 g/mol. The van der Waals surface area contributed by atoms with Crippen LogP contribution in [-0.4, -0.2) is 61.4 Å². The molecule has 0 saturated heterocycles. The Kier molecular flexibility index (Phi) is 5.52. The molecule has 0 bridgehead atoms. The number of rotatable bonds is 7. The highest BCUT2D eigenvalue weighted by Crippen LogP contribution is 2.26. The topological polar surface area (TPSA) is 90.9 Å². The first-order valence-electron chi connectivity index (χ1n) is 10.7. The average Bonchev–Trinajstić information content (AvgIpc) is 3.38. The number of methoxy groups -OCH3 is 1. The Hall–Kier alpha value is -3.04. The standard InChI is InChI=1S/C22H27N7O2/c1-15-11-24-22-25-12-16(14-28(15)22)19-7-8-29-20(19)13-23-21(27-29)26-17-3-5-18(6-4-17)31-10-9-30-2/h7-8,11-14,17-18H,3-6,9-10H2,1-2H3,(H,26,27). The van der Waals surface area contributed by atoms with Gasteiger partial charge in [0, 0.05) is 48.6 Å². The normalized spacial score (nSPS) is 19.3. The molecule has 0 radical (unpaired) electrons. The molecule has 1 N–H and O–H groups in total. The number of aromatic nitrogens is 6. The Labute approximate surface area is 180 Å². The number of nitrogens with zero attached hydrogens (tertiary/aromatic N) is 6. The van der Waals surface area contributed by atoms with E-state index in [-0.39, 0.29) is 0 Å². The molecule has 0 aliphatic heterocycles. The number of hydrogen-bond acceptors (Lipinski definition) is 7. The minimum absolute atomic E-state index is 0.327. The smallest absolute Gasteiger partial charge is 0.241 e. The number of aryl methyl sites for hydroxylation is 1. The lowest BCUT2D eigenvalue weighted by Gasteiger charge is -2.29. The van der Waals surface area contributed by atoms with E-state index in [4.69, 9.17) is 9.47 Å². The van der Waals surface area contributed by atoms with Crippen molar-refractivity contribution in [3.05, 3.63) is 42.7 Å². The molecule has 4 aromatic heterocycles. The van der Waals surface area contributed by atoms with Crippen LogP contribution in [0.15, 0.2) is 37.1 Å². The molecular weight excluding hydrogens is 394 g/mol. The molecule has 5 rings (SSSR count). The highest BCUT2D eigenvalue weighted by Gasteiger charge is 2.22. The maximum absolute atomic E-state index is 5.85. The fourth-order valence-corrected chi connectivity index (χ4v) is 4.19. The molecule has 9 heteroatoms. The van der Waals surface area contributed by atoms with Crippen molar-refractivity contribution < 1.29 is 9.47 Å². The number of ether oxygens (including phenoxy) is 2. The van der Waals surface area contributed by atoms with Crippen molar-refractivity contribution in [3.63, 3.8) is 0 Å². The highest BCUT2D eigenvalue weighted by molar-refractivity contribution is 5.79. The van der Waals surface area contributed by atoms with E-state index in [1.54, 1.807) is 7.11 Å². The lowest BCUT2D eigenvalue weighted by Crippen LogP contribution is -2.31. The zero-order valence-corrected chi connectivity index (χ0v) is 17.9. The molecule has 1 fully saturated rings. The molecule has 0 amide bonds. The van der Waals surface area contributed by atoms with Crippen molar-refractivity contribution in [2.24, 2.45) is 0 Å². The first kappa shape index (κ1) is 19.9. The van der Waals surface area contributed by atoms with Gasteiger partial charge in [-0.1, -0.05) is 0 Å². The van der Waals surface area contributed by atoms with Crippen LogP contribution >= 0.6 is 0 Å². The van der Waals surface area contributed by atoms with Crippen LogP contribution in [0, 0.1) is 6.92 Å². The molecule has 0 unspecified atom stereocenters. The van der Waals surface area contributed by atoms with Gasteiger partial charge >= 0.3 is 0 Å². The van der Waals surface area contributed by atoms with Crippen molar-refractivity contribution in [3.8, 4) is 11.1 Å². The molecule has 0 spiro atoms. The number of hydrogen-bond donors (Lipinski definition) is 1. The van der Waals surface area contributed by atoms with Crippen molar-refractivity contribution in [2.75, 3.05) is 25.6 Å². The molecular formula is C22H27N7O2. The third-order valence-corrected chi connectivity index (χ3v) is 5.93. The van der Waals surface area contributed by atoms with Crippen LogP contribution in [0.1, 0.15) is 31.4 Å². The van der Waals surface area contributed by atoms with E-state index in [1.165, 1.54) is 0 Å². The fourth-order valence-electron chi connectivity index (χ4n) is 4.19. The summed E-state index contributed by atoms with van der Waals surface area (Å²) in [5.74, 6) is 1.35. The molecule has 4 heterocycles. The predicted molar refractivity (Wildman–Crippen MR) is 117 cm³/mol. The zero-order chi connectivity index (χ0) is 21.2. The maximum Gasteiger partial charge on any atom is 0.241 e. The van der Waals surface area contributed by atoms with E-state index in [2.05, 4.69) is 31.6 Å². The lowest BCUT2D eigenvalue weighted by molar-refractivity contribution is -0.00158. The third kappa shape index (κ3) is 4.11. The van der Waals surface area contributed by atoms with Gasteiger partial charge in [0.1, 0.15) is 0 Å². The summed E-state index contributed by atoms with van der Waals surface area (Å²) in [5, 5.41) is 8.16. The number of fused-ring (bicyclic) bond motifs is 2. The summed E-state index contributed by atoms with van der Waals surface area (Å²) in [6.07, 6.45) is 14.1. The van der Waals surface area contributed by atoms with Crippen LogP contribution in [0.5, 0.6) is 0 Å². The summed E-state index contributed by atoms with van der Waals surface area (Å²) in [5.41, 5.74) is 4.05. The summed E-state index contributed by atoms with van der Waals surface area (Å²) in [4.78, 5) is 13.3. The minimum atomic E-state index is 0.327. The van der Waals surface area contributed by atoms with Crippen LogP contribution in [0.25, 0.3) is 22.4 Å². The Bertz CT molecular complexity index is 1180. The average molecular weight is 422 g/mol. The van der Waals surface area contributed by atoms with Gasteiger partial charge in [0.05, 0.1) is 37.2 Å². The van der Waals surface area contributed by atoms with Gasteiger partial charge in [-0.15, -0.1) is 5.10 Å². The molecule has 0 aromatic carbocycles. The Morgan fingerprint density at radius 3 is 2.74 bits per heavy atom. The minimum Gasteiger partial charge on any atom is -0.382 e. The molecule has 162 valence electrons. The Morgan fingerprint density at radius 2 is 1.90 bits per heavy atom. The van der Waals surface area contributed by atoms with Crippen LogP contribution < -0.4 is 5.32 Å². The van der Waals surface area contributed by atoms with Crippen molar-refractivity contribution in [1.82, 2.24) is 29.0 Å².